The number of carbonyl (C=O) groups excluding carboxylic acids is 2. The van der Waals surface area contributed by atoms with Gasteiger partial charge in [0.05, 0.1) is 0 Å². The van der Waals surface area contributed by atoms with Gasteiger partial charge in [0.1, 0.15) is 5.75 Å². The van der Waals surface area contributed by atoms with E-state index in [2.05, 4.69) is 12.2 Å². The van der Waals surface area contributed by atoms with Crippen LogP contribution in [0.1, 0.15) is 32.6 Å². The quantitative estimate of drug-likeness (QED) is 0.870. The number of benzene rings is 1. The number of para-hydroxylation sites is 1. The second kappa shape index (κ2) is 7.69. The lowest BCUT2D eigenvalue weighted by Crippen LogP contribution is -2.46. The molecule has 0 radical (unpaired) electrons. The van der Waals surface area contributed by atoms with Crippen LogP contribution in [0.2, 0.25) is 0 Å². The van der Waals surface area contributed by atoms with E-state index in [1.807, 2.05) is 30.3 Å². The fraction of sp³-hybridized carbons (Fsp3) is 0.579. The first-order chi connectivity index (χ1) is 11.6. The van der Waals surface area contributed by atoms with Crippen LogP contribution < -0.4 is 10.1 Å². The van der Waals surface area contributed by atoms with Gasteiger partial charge in [0.15, 0.2) is 6.61 Å². The number of likely N-dealkylation sites (tertiary alicyclic amines) is 1. The van der Waals surface area contributed by atoms with Gasteiger partial charge >= 0.3 is 0 Å². The van der Waals surface area contributed by atoms with E-state index < -0.39 is 0 Å². The molecule has 2 fully saturated rings. The monoisotopic (exact) mass is 330 g/mol. The van der Waals surface area contributed by atoms with Gasteiger partial charge < -0.3 is 15.0 Å². The van der Waals surface area contributed by atoms with E-state index in [0.717, 1.165) is 12.8 Å². The third-order valence-electron chi connectivity index (χ3n) is 5.02. The molecule has 24 heavy (non-hydrogen) atoms. The van der Waals surface area contributed by atoms with E-state index in [-0.39, 0.29) is 30.4 Å². The zero-order chi connectivity index (χ0) is 16.9. The maximum Gasteiger partial charge on any atom is 0.260 e. The number of hydrogen-bond acceptors (Lipinski definition) is 3. The van der Waals surface area contributed by atoms with E-state index in [1.54, 1.807) is 4.90 Å². The van der Waals surface area contributed by atoms with E-state index in [1.165, 1.54) is 12.8 Å². The molecule has 130 valence electrons. The van der Waals surface area contributed by atoms with Gasteiger partial charge in [-0.15, -0.1) is 0 Å². The molecule has 3 rings (SSSR count). The Labute approximate surface area is 143 Å². The predicted octanol–water partition coefficient (Wildman–Crippen LogP) is 2.22. The summed E-state index contributed by atoms with van der Waals surface area (Å²) in [4.78, 5) is 26.3. The second-order valence-electron chi connectivity index (χ2n) is 6.89. The Morgan fingerprint density at radius 2 is 1.83 bits per heavy atom. The van der Waals surface area contributed by atoms with Crippen molar-refractivity contribution in [2.75, 3.05) is 19.7 Å². The molecule has 1 aliphatic carbocycles. The lowest BCUT2D eigenvalue weighted by atomic mass is 9.95. The topological polar surface area (TPSA) is 58.6 Å². The number of piperidine rings is 1. The molecule has 0 spiro atoms. The first-order valence-corrected chi connectivity index (χ1v) is 8.89. The summed E-state index contributed by atoms with van der Waals surface area (Å²) < 4.78 is 5.51. The van der Waals surface area contributed by atoms with E-state index in [9.17, 15) is 9.59 Å². The number of rotatable bonds is 6. The largest absolute Gasteiger partial charge is 0.484 e. The van der Waals surface area contributed by atoms with Crippen LogP contribution in [0.4, 0.5) is 0 Å². The molecule has 0 bridgehead atoms. The van der Waals surface area contributed by atoms with E-state index in [4.69, 9.17) is 4.74 Å². The Bertz CT molecular complexity index is 563. The summed E-state index contributed by atoms with van der Waals surface area (Å²) in [5, 5.41) is 3.14. The summed E-state index contributed by atoms with van der Waals surface area (Å²) in [6.07, 6.45) is 3.94. The van der Waals surface area contributed by atoms with Gasteiger partial charge in [-0.3, -0.25) is 9.59 Å². The molecule has 1 saturated carbocycles. The molecule has 1 saturated heterocycles. The summed E-state index contributed by atoms with van der Waals surface area (Å²) in [6, 6.07) is 9.64. The van der Waals surface area contributed by atoms with Crippen molar-refractivity contribution in [2.24, 2.45) is 11.8 Å². The van der Waals surface area contributed by atoms with Gasteiger partial charge in [-0.2, -0.15) is 0 Å². The van der Waals surface area contributed by atoms with Gasteiger partial charge in [-0.25, -0.2) is 0 Å². The van der Waals surface area contributed by atoms with Crippen molar-refractivity contribution in [1.29, 1.82) is 0 Å². The Kier molecular flexibility index (Phi) is 5.38. The van der Waals surface area contributed by atoms with Gasteiger partial charge in [-0.1, -0.05) is 18.2 Å². The molecule has 5 heteroatoms. The smallest absolute Gasteiger partial charge is 0.260 e. The molecule has 1 N–H and O–H groups in total. The van der Waals surface area contributed by atoms with Crippen molar-refractivity contribution in [3.63, 3.8) is 0 Å². The second-order valence-corrected chi connectivity index (χ2v) is 6.89. The first-order valence-electron chi connectivity index (χ1n) is 8.89. The standard InChI is InChI=1S/C19H26N2O3/c1-14(15-7-8-15)20-19(23)16-9-11-21(12-10-16)18(22)13-24-17-5-3-2-4-6-17/h2-6,14-16H,7-13H2,1H3,(H,20,23)/t14-/m0/s1. The van der Waals surface area contributed by atoms with Crippen LogP contribution in [0.3, 0.4) is 0 Å². The van der Waals surface area contributed by atoms with Crippen LogP contribution in [-0.2, 0) is 9.59 Å². The average molecular weight is 330 g/mol. The minimum absolute atomic E-state index is 0.0101. The fourth-order valence-corrected chi connectivity index (χ4v) is 3.20. The van der Waals surface area contributed by atoms with Crippen molar-refractivity contribution in [3.05, 3.63) is 30.3 Å². The molecule has 1 atom stereocenters. The number of ether oxygens (including phenoxy) is 1. The third-order valence-corrected chi connectivity index (χ3v) is 5.02. The molecule has 0 aromatic heterocycles. The van der Waals surface area contributed by atoms with Gasteiger partial charge in [0.2, 0.25) is 5.91 Å². The molecule has 1 heterocycles. The molecule has 0 unspecified atom stereocenters. The fourth-order valence-electron chi connectivity index (χ4n) is 3.20. The molecule has 2 amide bonds. The van der Waals surface area contributed by atoms with Crippen molar-refractivity contribution in [3.8, 4) is 5.75 Å². The summed E-state index contributed by atoms with van der Waals surface area (Å²) in [5.41, 5.74) is 0. The van der Waals surface area contributed by atoms with E-state index >= 15 is 0 Å². The van der Waals surface area contributed by atoms with Crippen LogP contribution in [0.15, 0.2) is 30.3 Å². The predicted molar refractivity (Wildman–Crippen MR) is 91.6 cm³/mol. The Morgan fingerprint density at radius 1 is 1.17 bits per heavy atom. The lowest BCUT2D eigenvalue weighted by Gasteiger charge is -2.32. The molecule has 1 aromatic rings. The number of amides is 2. The zero-order valence-electron chi connectivity index (χ0n) is 14.2. The third kappa shape index (κ3) is 4.49. The Hall–Kier alpha value is -2.04. The maximum absolute atomic E-state index is 12.3. The van der Waals surface area contributed by atoms with Crippen molar-refractivity contribution in [1.82, 2.24) is 10.2 Å². The number of hydrogen-bond donors (Lipinski definition) is 1. The van der Waals surface area contributed by atoms with Gasteiger partial charge in [-0.05, 0) is 50.7 Å². The summed E-state index contributed by atoms with van der Waals surface area (Å²) in [6.45, 7) is 3.41. The highest BCUT2D eigenvalue weighted by Crippen LogP contribution is 2.32. The highest BCUT2D eigenvalue weighted by molar-refractivity contribution is 5.80. The highest BCUT2D eigenvalue weighted by atomic mass is 16.5. The lowest BCUT2D eigenvalue weighted by molar-refractivity contribution is -0.137. The van der Waals surface area contributed by atoms with Gasteiger partial charge in [0, 0.05) is 25.0 Å². The van der Waals surface area contributed by atoms with Crippen LogP contribution in [0, 0.1) is 11.8 Å². The minimum atomic E-state index is -0.0101. The normalized spacial score (nSPS) is 19.6. The summed E-state index contributed by atoms with van der Waals surface area (Å²) in [7, 11) is 0. The van der Waals surface area contributed by atoms with Gasteiger partial charge in [0.25, 0.3) is 5.91 Å². The first kappa shape index (κ1) is 16.8. The minimum Gasteiger partial charge on any atom is -0.484 e. The van der Waals surface area contributed by atoms with Crippen LogP contribution in [0.25, 0.3) is 0 Å². The molecule has 5 nitrogen and oxygen atoms in total. The molecular weight excluding hydrogens is 304 g/mol. The highest BCUT2D eigenvalue weighted by Gasteiger charge is 2.32. The van der Waals surface area contributed by atoms with Crippen LogP contribution >= 0.6 is 0 Å². The summed E-state index contributed by atoms with van der Waals surface area (Å²) >= 11 is 0. The molecule has 1 aromatic carbocycles. The molecule has 1 aliphatic heterocycles. The average Bonchev–Trinajstić information content (AvgIpc) is 3.46. The molecule has 2 aliphatic rings. The SMILES string of the molecule is C[C@H](NC(=O)C1CCN(C(=O)COc2ccccc2)CC1)C1CC1. The number of nitrogens with one attached hydrogen (secondary N) is 1. The maximum atomic E-state index is 12.3. The Morgan fingerprint density at radius 3 is 2.46 bits per heavy atom. The number of carbonyl (C=O) groups is 2. The number of nitrogens with zero attached hydrogens (tertiary/aromatic N) is 1. The van der Waals surface area contributed by atoms with Crippen LogP contribution in [0.5, 0.6) is 5.75 Å². The summed E-state index contributed by atoms with van der Waals surface area (Å²) in [5.74, 6) is 1.55. The zero-order valence-corrected chi connectivity index (χ0v) is 14.2. The van der Waals surface area contributed by atoms with Crippen molar-refractivity contribution >= 4 is 11.8 Å². The Balaban J connectivity index is 1.39. The van der Waals surface area contributed by atoms with Crippen molar-refractivity contribution < 1.29 is 14.3 Å². The van der Waals surface area contributed by atoms with Crippen molar-refractivity contribution in [2.45, 2.75) is 38.6 Å². The van der Waals surface area contributed by atoms with E-state index in [0.29, 0.717) is 24.8 Å². The molecular formula is C19H26N2O3. The van der Waals surface area contributed by atoms with Crippen LogP contribution in [-0.4, -0.2) is 42.5 Å².